The minimum atomic E-state index is -1.06. The van der Waals surface area contributed by atoms with E-state index in [4.69, 9.17) is 5.26 Å². The molecule has 2 rings (SSSR count). The molecule has 0 aliphatic rings. The molecule has 0 aliphatic heterocycles. The van der Waals surface area contributed by atoms with Crippen LogP contribution in [0.15, 0.2) is 28.7 Å². The van der Waals surface area contributed by atoms with E-state index in [2.05, 4.69) is 32.3 Å². The van der Waals surface area contributed by atoms with Gasteiger partial charge < -0.3 is 10.4 Å². The Kier molecular flexibility index (Phi) is 4.24. The highest BCUT2D eigenvalue weighted by Gasteiger charge is 2.17. The Labute approximate surface area is 130 Å². The molecule has 2 aromatic rings. The van der Waals surface area contributed by atoms with Gasteiger partial charge in [-0.25, -0.2) is 9.78 Å². The molecule has 0 radical (unpaired) electrons. The molecular formula is C15H12BrN3O2. The van der Waals surface area contributed by atoms with Gasteiger partial charge in [-0.15, -0.1) is 0 Å². The molecule has 0 bridgehead atoms. The fourth-order valence-electron chi connectivity index (χ4n) is 2.04. The van der Waals surface area contributed by atoms with Gasteiger partial charge in [0.1, 0.15) is 17.5 Å². The summed E-state index contributed by atoms with van der Waals surface area (Å²) in [5.41, 5.74) is 2.34. The van der Waals surface area contributed by atoms with E-state index in [9.17, 15) is 9.90 Å². The molecule has 0 unspecified atom stereocenters. The highest BCUT2D eigenvalue weighted by atomic mass is 79.9. The van der Waals surface area contributed by atoms with Crippen LogP contribution in [0.3, 0.4) is 0 Å². The molecule has 0 saturated heterocycles. The minimum absolute atomic E-state index is 0.101. The molecule has 0 aliphatic carbocycles. The number of nitriles is 1. The van der Waals surface area contributed by atoms with Crippen molar-refractivity contribution in [2.24, 2.45) is 0 Å². The topological polar surface area (TPSA) is 86.0 Å². The largest absolute Gasteiger partial charge is 0.478 e. The van der Waals surface area contributed by atoms with Crippen LogP contribution in [0.4, 0.5) is 11.5 Å². The number of nitrogens with zero attached hydrogens (tertiary/aromatic N) is 2. The second kappa shape index (κ2) is 5.94. The summed E-state index contributed by atoms with van der Waals surface area (Å²) in [4.78, 5) is 15.7. The van der Waals surface area contributed by atoms with Gasteiger partial charge in [0.25, 0.3) is 0 Å². The second-order valence-electron chi connectivity index (χ2n) is 4.54. The van der Waals surface area contributed by atoms with Crippen molar-refractivity contribution in [3.63, 3.8) is 0 Å². The molecule has 0 saturated carbocycles. The highest BCUT2D eigenvalue weighted by molar-refractivity contribution is 9.10. The molecule has 6 heteroatoms. The molecule has 2 N–H and O–H groups in total. The van der Waals surface area contributed by atoms with Crippen LogP contribution in [-0.4, -0.2) is 16.1 Å². The SMILES string of the molecule is Cc1cc(C)c(C(=O)O)c(Nc2cc(Br)ccc2C#N)n1. The predicted octanol–water partition coefficient (Wildman–Crippen LogP) is 3.77. The molecule has 106 valence electrons. The van der Waals surface area contributed by atoms with Crippen LogP contribution in [0.25, 0.3) is 0 Å². The number of carbonyl (C=O) groups is 1. The first-order chi connectivity index (χ1) is 9.92. The number of rotatable bonds is 3. The number of aromatic carboxylic acids is 1. The smallest absolute Gasteiger partial charge is 0.339 e. The number of nitrogens with one attached hydrogen (secondary N) is 1. The number of carboxylic acid groups (broad SMARTS) is 1. The Bertz CT molecular complexity index is 766. The van der Waals surface area contributed by atoms with Crippen LogP contribution >= 0.6 is 15.9 Å². The zero-order valence-corrected chi connectivity index (χ0v) is 13.0. The average Bonchev–Trinajstić information content (AvgIpc) is 2.37. The summed E-state index contributed by atoms with van der Waals surface area (Å²) in [5, 5.41) is 21.4. The fraction of sp³-hybridized carbons (Fsp3) is 0.133. The normalized spacial score (nSPS) is 10.0. The lowest BCUT2D eigenvalue weighted by atomic mass is 10.1. The van der Waals surface area contributed by atoms with Gasteiger partial charge in [-0.3, -0.25) is 0 Å². The van der Waals surface area contributed by atoms with Crippen LogP contribution in [0.2, 0.25) is 0 Å². The average molecular weight is 346 g/mol. The lowest BCUT2D eigenvalue weighted by Crippen LogP contribution is -2.09. The van der Waals surface area contributed by atoms with Gasteiger partial charge in [0.2, 0.25) is 0 Å². The van der Waals surface area contributed by atoms with E-state index < -0.39 is 5.97 Å². The molecule has 1 aromatic heterocycles. The number of carboxylic acids is 1. The first kappa shape index (κ1) is 15.0. The summed E-state index contributed by atoms with van der Waals surface area (Å²) < 4.78 is 0.783. The van der Waals surface area contributed by atoms with Gasteiger partial charge in [-0.05, 0) is 43.7 Å². The van der Waals surface area contributed by atoms with Crippen molar-refractivity contribution in [1.82, 2.24) is 4.98 Å². The van der Waals surface area contributed by atoms with Gasteiger partial charge >= 0.3 is 5.97 Å². The lowest BCUT2D eigenvalue weighted by Gasteiger charge is -2.13. The maximum atomic E-state index is 11.4. The number of pyridine rings is 1. The Morgan fingerprint density at radius 1 is 1.38 bits per heavy atom. The number of aryl methyl sites for hydroxylation is 2. The zero-order chi connectivity index (χ0) is 15.6. The molecule has 1 heterocycles. The maximum Gasteiger partial charge on any atom is 0.339 e. The van der Waals surface area contributed by atoms with Crippen LogP contribution < -0.4 is 5.32 Å². The Morgan fingerprint density at radius 2 is 2.10 bits per heavy atom. The van der Waals surface area contributed by atoms with Crippen molar-refractivity contribution in [1.29, 1.82) is 5.26 Å². The van der Waals surface area contributed by atoms with Crippen molar-refractivity contribution in [2.75, 3.05) is 5.32 Å². The Balaban J connectivity index is 2.57. The molecule has 0 fully saturated rings. The van der Waals surface area contributed by atoms with E-state index in [1.165, 1.54) is 0 Å². The van der Waals surface area contributed by atoms with E-state index in [1.54, 1.807) is 38.1 Å². The first-order valence-electron chi connectivity index (χ1n) is 6.10. The number of anilines is 2. The zero-order valence-electron chi connectivity index (χ0n) is 11.4. The monoisotopic (exact) mass is 345 g/mol. The van der Waals surface area contributed by atoms with Crippen molar-refractivity contribution >= 4 is 33.4 Å². The van der Waals surface area contributed by atoms with Crippen LogP contribution in [0.5, 0.6) is 0 Å². The third-order valence-electron chi connectivity index (χ3n) is 2.91. The molecule has 0 atom stereocenters. The van der Waals surface area contributed by atoms with Gasteiger partial charge in [-0.1, -0.05) is 15.9 Å². The highest BCUT2D eigenvalue weighted by Crippen LogP contribution is 2.27. The Morgan fingerprint density at radius 3 is 2.71 bits per heavy atom. The van der Waals surface area contributed by atoms with Crippen LogP contribution in [-0.2, 0) is 0 Å². The van der Waals surface area contributed by atoms with Crippen molar-refractivity contribution in [3.05, 3.63) is 51.1 Å². The molecular weight excluding hydrogens is 334 g/mol. The van der Waals surface area contributed by atoms with Crippen molar-refractivity contribution in [2.45, 2.75) is 13.8 Å². The van der Waals surface area contributed by atoms with Crippen molar-refractivity contribution < 1.29 is 9.90 Å². The summed E-state index contributed by atoms with van der Waals surface area (Å²) in [6.07, 6.45) is 0. The summed E-state index contributed by atoms with van der Waals surface area (Å²) in [5.74, 6) is -0.828. The van der Waals surface area contributed by atoms with Gasteiger partial charge in [0, 0.05) is 10.2 Å². The van der Waals surface area contributed by atoms with E-state index in [-0.39, 0.29) is 11.4 Å². The quantitative estimate of drug-likeness (QED) is 0.883. The third-order valence-corrected chi connectivity index (χ3v) is 3.41. The van der Waals surface area contributed by atoms with E-state index >= 15 is 0 Å². The summed E-state index contributed by atoms with van der Waals surface area (Å²) in [6, 6.07) is 8.88. The third kappa shape index (κ3) is 3.20. The van der Waals surface area contributed by atoms with E-state index in [0.29, 0.717) is 22.5 Å². The molecule has 0 spiro atoms. The second-order valence-corrected chi connectivity index (χ2v) is 5.45. The molecule has 5 nitrogen and oxygen atoms in total. The number of hydrogen-bond acceptors (Lipinski definition) is 4. The standard InChI is InChI=1S/C15H12BrN3O2/c1-8-5-9(2)18-14(13(8)15(20)21)19-12-6-11(16)4-3-10(12)7-17/h3-6H,1-2H3,(H,18,19)(H,20,21). The predicted molar refractivity (Wildman–Crippen MR) is 82.8 cm³/mol. The number of aromatic nitrogens is 1. The molecule has 1 aromatic carbocycles. The fourth-order valence-corrected chi connectivity index (χ4v) is 2.40. The van der Waals surface area contributed by atoms with E-state index in [1.807, 2.05) is 0 Å². The summed E-state index contributed by atoms with van der Waals surface area (Å²) in [7, 11) is 0. The van der Waals surface area contributed by atoms with Crippen LogP contribution in [0.1, 0.15) is 27.2 Å². The number of hydrogen-bond donors (Lipinski definition) is 2. The van der Waals surface area contributed by atoms with Gasteiger partial charge in [0.15, 0.2) is 0 Å². The summed E-state index contributed by atoms with van der Waals surface area (Å²) in [6.45, 7) is 3.51. The minimum Gasteiger partial charge on any atom is -0.478 e. The number of halogens is 1. The Hall–Kier alpha value is -2.39. The molecule has 0 amide bonds. The lowest BCUT2D eigenvalue weighted by molar-refractivity contribution is 0.0697. The van der Waals surface area contributed by atoms with Crippen molar-refractivity contribution in [3.8, 4) is 6.07 Å². The molecule has 21 heavy (non-hydrogen) atoms. The maximum absolute atomic E-state index is 11.4. The summed E-state index contributed by atoms with van der Waals surface area (Å²) >= 11 is 3.33. The number of benzene rings is 1. The van der Waals surface area contributed by atoms with E-state index in [0.717, 1.165) is 4.47 Å². The van der Waals surface area contributed by atoms with Gasteiger partial charge in [0.05, 0.1) is 11.3 Å². The van der Waals surface area contributed by atoms with Gasteiger partial charge in [-0.2, -0.15) is 5.26 Å². The first-order valence-corrected chi connectivity index (χ1v) is 6.90. The van der Waals surface area contributed by atoms with Crippen LogP contribution in [0, 0.1) is 25.2 Å².